The summed E-state index contributed by atoms with van der Waals surface area (Å²) in [4.78, 5) is 26.1. The summed E-state index contributed by atoms with van der Waals surface area (Å²) in [6.45, 7) is 0. The zero-order valence-corrected chi connectivity index (χ0v) is 13.3. The van der Waals surface area contributed by atoms with E-state index >= 15 is 0 Å². The highest BCUT2D eigenvalue weighted by molar-refractivity contribution is 7.99. The van der Waals surface area contributed by atoms with Crippen molar-refractivity contribution >= 4 is 23.4 Å². The van der Waals surface area contributed by atoms with E-state index in [0.29, 0.717) is 10.0 Å². The van der Waals surface area contributed by atoms with Gasteiger partial charge in [-0.05, 0) is 35.4 Å². The summed E-state index contributed by atoms with van der Waals surface area (Å²) in [5.74, 6) is 0. The summed E-state index contributed by atoms with van der Waals surface area (Å²) in [6.07, 6.45) is 0. The first-order valence-electron chi connectivity index (χ1n) is 6.62. The lowest BCUT2D eigenvalue weighted by Gasteiger charge is -2.06. The number of hydrogen-bond donors (Lipinski definition) is 2. The fourth-order valence-electron chi connectivity index (χ4n) is 2.03. The Kier molecular flexibility index (Phi) is 4.27. The number of nitrogens with zero attached hydrogens (tertiary/aromatic N) is 1. The highest BCUT2D eigenvalue weighted by atomic mass is 35.5. The van der Waals surface area contributed by atoms with Crippen molar-refractivity contribution < 1.29 is 5.21 Å². The Labute approximate surface area is 140 Å². The molecular weight excluding hydrogens is 336 g/mol. The number of aromatic amines is 1. The molecule has 0 unspecified atom stereocenters. The van der Waals surface area contributed by atoms with Gasteiger partial charge in [0.25, 0.3) is 5.56 Å². The Bertz CT molecular complexity index is 933. The SMILES string of the molecule is O=c1cc(Sc2cccc(-c3ccc(Cl)cc3)c2)[nH]c(=O)n1O. The van der Waals surface area contributed by atoms with Gasteiger partial charge in [0.05, 0.1) is 5.03 Å². The average Bonchev–Trinajstić information content (AvgIpc) is 2.53. The van der Waals surface area contributed by atoms with Gasteiger partial charge in [-0.3, -0.25) is 9.78 Å². The van der Waals surface area contributed by atoms with Crippen LogP contribution in [0.1, 0.15) is 0 Å². The Morgan fingerprint density at radius 1 is 1.00 bits per heavy atom. The van der Waals surface area contributed by atoms with Gasteiger partial charge in [0, 0.05) is 16.0 Å². The summed E-state index contributed by atoms with van der Waals surface area (Å²) in [6, 6.07) is 16.3. The maximum Gasteiger partial charge on any atom is 0.362 e. The monoisotopic (exact) mass is 346 g/mol. The molecule has 0 spiro atoms. The van der Waals surface area contributed by atoms with Gasteiger partial charge in [-0.15, -0.1) is 0 Å². The van der Waals surface area contributed by atoms with E-state index < -0.39 is 11.2 Å². The summed E-state index contributed by atoms with van der Waals surface area (Å²) >= 11 is 7.12. The van der Waals surface area contributed by atoms with E-state index in [1.807, 2.05) is 48.5 Å². The third-order valence-corrected chi connectivity index (χ3v) is 4.31. The lowest BCUT2D eigenvalue weighted by molar-refractivity contribution is 0.159. The minimum Gasteiger partial charge on any atom is -0.421 e. The van der Waals surface area contributed by atoms with Crippen LogP contribution in [0.4, 0.5) is 0 Å². The van der Waals surface area contributed by atoms with Crippen molar-refractivity contribution in [2.45, 2.75) is 9.92 Å². The van der Waals surface area contributed by atoms with E-state index in [9.17, 15) is 9.59 Å². The zero-order valence-electron chi connectivity index (χ0n) is 11.7. The van der Waals surface area contributed by atoms with E-state index in [2.05, 4.69) is 4.98 Å². The molecule has 0 atom stereocenters. The molecule has 0 radical (unpaired) electrons. The van der Waals surface area contributed by atoms with Gasteiger partial charge in [-0.2, -0.15) is 0 Å². The van der Waals surface area contributed by atoms with E-state index in [-0.39, 0.29) is 4.73 Å². The van der Waals surface area contributed by atoms with Gasteiger partial charge >= 0.3 is 5.69 Å². The summed E-state index contributed by atoms with van der Waals surface area (Å²) < 4.78 is 0.0359. The van der Waals surface area contributed by atoms with Crippen LogP contribution in [-0.4, -0.2) is 14.9 Å². The molecule has 2 N–H and O–H groups in total. The van der Waals surface area contributed by atoms with Crippen LogP contribution in [0.25, 0.3) is 11.1 Å². The molecule has 2 aromatic carbocycles. The number of halogens is 1. The fraction of sp³-hybridized carbons (Fsp3) is 0. The van der Waals surface area contributed by atoms with E-state index in [1.165, 1.54) is 17.8 Å². The Morgan fingerprint density at radius 3 is 2.43 bits per heavy atom. The Balaban J connectivity index is 1.93. The number of H-pyrrole nitrogens is 1. The third kappa shape index (κ3) is 3.49. The van der Waals surface area contributed by atoms with Crippen molar-refractivity contribution in [1.29, 1.82) is 0 Å². The van der Waals surface area contributed by atoms with Gasteiger partial charge in [0.15, 0.2) is 0 Å². The largest absolute Gasteiger partial charge is 0.421 e. The highest BCUT2D eigenvalue weighted by Gasteiger charge is 2.06. The molecular formula is C16H11ClN2O3S. The molecule has 116 valence electrons. The van der Waals surface area contributed by atoms with Crippen LogP contribution in [0.3, 0.4) is 0 Å². The van der Waals surface area contributed by atoms with Crippen LogP contribution in [0.15, 0.2) is 74.1 Å². The van der Waals surface area contributed by atoms with Gasteiger partial charge < -0.3 is 5.21 Å². The van der Waals surface area contributed by atoms with Crippen molar-refractivity contribution in [2.24, 2.45) is 0 Å². The summed E-state index contributed by atoms with van der Waals surface area (Å²) in [5, 5.41) is 10.2. The maximum absolute atomic E-state index is 11.4. The minimum atomic E-state index is -0.867. The third-order valence-electron chi connectivity index (χ3n) is 3.13. The number of aromatic nitrogens is 2. The van der Waals surface area contributed by atoms with Crippen LogP contribution in [0.2, 0.25) is 5.02 Å². The van der Waals surface area contributed by atoms with Crippen molar-refractivity contribution in [1.82, 2.24) is 9.71 Å². The van der Waals surface area contributed by atoms with E-state index in [1.54, 1.807) is 0 Å². The van der Waals surface area contributed by atoms with Crippen LogP contribution in [-0.2, 0) is 0 Å². The molecule has 1 aromatic heterocycles. The first-order chi connectivity index (χ1) is 11.0. The molecule has 5 nitrogen and oxygen atoms in total. The van der Waals surface area contributed by atoms with Crippen molar-refractivity contribution in [3.05, 3.63) is 80.5 Å². The second kappa shape index (κ2) is 6.36. The van der Waals surface area contributed by atoms with Gasteiger partial charge in [-0.25, -0.2) is 4.79 Å². The van der Waals surface area contributed by atoms with Crippen LogP contribution in [0, 0.1) is 0 Å². The highest BCUT2D eigenvalue weighted by Crippen LogP contribution is 2.29. The molecule has 0 bridgehead atoms. The smallest absolute Gasteiger partial charge is 0.362 e. The first kappa shape index (κ1) is 15.5. The van der Waals surface area contributed by atoms with E-state index in [0.717, 1.165) is 16.0 Å². The minimum absolute atomic E-state index is 0.0359. The topological polar surface area (TPSA) is 75.1 Å². The lowest BCUT2D eigenvalue weighted by atomic mass is 10.1. The van der Waals surface area contributed by atoms with Crippen molar-refractivity contribution in [3.63, 3.8) is 0 Å². The standard InChI is InChI=1S/C16H11ClN2O3S/c17-12-6-4-10(5-7-12)11-2-1-3-13(8-11)23-14-9-15(20)19(22)16(21)18-14/h1-9,22H,(H,18,21). The second-order valence-corrected chi connectivity index (χ2v) is 6.28. The van der Waals surface area contributed by atoms with Crippen molar-refractivity contribution in [2.75, 3.05) is 0 Å². The Hall–Kier alpha value is -2.44. The number of benzene rings is 2. The quantitative estimate of drug-likeness (QED) is 0.564. The fourth-order valence-corrected chi connectivity index (χ4v) is 3.04. The lowest BCUT2D eigenvalue weighted by Crippen LogP contribution is -2.32. The number of rotatable bonds is 3. The molecule has 1 heterocycles. The molecule has 0 aliphatic carbocycles. The molecule has 7 heteroatoms. The van der Waals surface area contributed by atoms with Crippen LogP contribution < -0.4 is 11.2 Å². The van der Waals surface area contributed by atoms with Crippen molar-refractivity contribution in [3.8, 4) is 11.1 Å². The molecule has 0 saturated heterocycles. The van der Waals surface area contributed by atoms with E-state index in [4.69, 9.17) is 16.8 Å². The van der Waals surface area contributed by atoms with Gasteiger partial charge in [-0.1, -0.05) is 52.4 Å². The van der Waals surface area contributed by atoms with Gasteiger partial charge in [0.1, 0.15) is 0 Å². The molecule has 0 aliphatic heterocycles. The zero-order chi connectivity index (χ0) is 16.4. The molecule has 3 aromatic rings. The summed E-state index contributed by atoms with van der Waals surface area (Å²) in [5.41, 5.74) is 0.361. The molecule has 23 heavy (non-hydrogen) atoms. The molecule has 3 rings (SSSR count). The second-order valence-electron chi connectivity index (χ2n) is 4.73. The predicted molar refractivity (Wildman–Crippen MR) is 89.5 cm³/mol. The van der Waals surface area contributed by atoms with Crippen LogP contribution in [0.5, 0.6) is 0 Å². The first-order valence-corrected chi connectivity index (χ1v) is 7.82. The number of nitrogens with one attached hydrogen (secondary N) is 1. The number of hydrogen-bond acceptors (Lipinski definition) is 4. The molecule has 0 saturated carbocycles. The van der Waals surface area contributed by atoms with Crippen LogP contribution >= 0.6 is 23.4 Å². The average molecular weight is 347 g/mol. The Morgan fingerprint density at radius 2 is 1.74 bits per heavy atom. The maximum atomic E-state index is 11.4. The van der Waals surface area contributed by atoms with Gasteiger partial charge in [0.2, 0.25) is 0 Å². The normalized spacial score (nSPS) is 10.7. The summed E-state index contributed by atoms with van der Waals surface area (Å²) in [7, 11) is 0. The molecule has 0 amide bonds. The predicted octanol–water partition coefficient (Wildman–Crippen LogP) is 3.25. The molecule has 0 aliphatic rings. The molecule has 0 fully saturated rings.